The van der Waals surface area contributed by atoms with Crippen molar-refractivity contribution < 1.29 is 0 Å². The first-order valence-corrected chi connectivity index (χ1v) is 4.24. The van der Waals surface area contributed by atoms with Crippen molar-refractivity contribution in [3.63, 3.8) is 0 Å². The minimum absolute atomic E-state index is 0.502. The second-order valence-corrected chi connectivity index (χ2v) is 3.71. The summed E-state index contributed by atoms with van der Waals surface area (Å²) >= 11 is 4.51. The maximum atomic E-state index is 5.08. The Morgan fingerprint density at radius 1 is 1.83 bits per heavy atom. The van der Waals surface area contributed by atoms with E-state index in [4.69, 9.17) is 5.73 Å². The average Bonchev–Trinajstić information content (AvgIpc) is 1.35. The lowest BCUT2D eigenvalue weighted by atomic mass is 11.5. The largest absolute Gasteiger partial charge is 0.384 e. The van der Waals surface area contributed by atoms with Crippen LogP contribution >= 0.6 is 33.8 Å². The van der Waals surface area contributed by atoms with E-state index in [2.05, 4.69) is 12.2 Å². The van der Waals surface area contributed by atoms with Crippen molar-refractivity contribution in [1.29, 1.82) is 0 Å². The predicted molar refractivity (Wildman–Crippen MR) is 37.9 cm³/mol. The molecule has 1 nitrogen and oxygen atoms in total. The van der Waals surface area contributed by atoms with Crippen LogP contribution in [0.15, 0.2) is 0 Å². The van der Waals surface area contributed by atoms with Gasteiger partial charge in [0.15, 0.2) is 0 Å². The van der Waals surface area contributed by atoms with Crippen LogP contribution in [0.5, 0.6) is 0 Å². The normalized spacial score (nSPS) is 8.17. The number of hydrogen-bond acceptors (Lipinski definition) is 3. The summed E-state index contributed by atoms with van der Waals surface area (Å²) in [4.78, 5) is 0. The summed E-state index contributed by atoms with van der Waals surface area (Å²) < 4.78 is 0.502. The minimum atomic E-state index is 0.502. The molecular weight excluding hydrogens is 134 g/mol. The highest BCUT2D eigenvalue weighted by Gasteiger charge is 1.80. The van der Waals surface area contributed by atoms with Crippen molar-refractivity contribution in [2.24, 2.45) is 5.73 Å². The Labute approximate surface area is 50.4 Å². The molecule has 0 spiro atoms. The third-order valence-corrected chi connectivity index (χ3v) is 2.10. The first-order chi connectivity index (χ1) is 2.77. The monoisotopic (exact) mass is 139 g/mol. The molecule has 4 heteroatoms. The van der Waals surface area contributed by atoms with Crippen LogP contribution in [-0.4, -0.2) is 10.6 Å². The Morgan fingerprint density at radius 2 is 2.33 bits per heavy atom. The molecule has 0 unspecified atom stereocenters. The van der Waals surface area contributed by atoms with Crippen LogP contribution in [0.3, 0.4) is 0 Å². The minimum Gasteiger partial charge on any atom is -0.384 e. The third-order valence-electron chi connectivity index (χ3n) is 0.165. The zero-order valence-corrected chi connectivity index (χ0v) is 5.75. The van der Waals surface area contributed by atoms with E-state index in [1.807, 2.05) is 6.26 Å². The predicted octanol–water partition coefficient (Wildman–Crippen LogP) is 1.24. The summed E-state index contributed by atoms with van der Waals surface area (Å²) in [5, 5.41) is 0. The first-order valence-electron chi connectivity index (χ1n) is 1.27. The topological polar surface area (TPSA) is 26.0 Å². The fraction of sp³-hybridized carbons (Fsp3) is 0.500. The second kappa shape index (κ2) is 3.77. The van der Waals surface area contributed by atoms with Gasteiger partial charge in [0.2, 0.25) is 0 Å². The van der Waals surface area contributed by atoms with Crippen LogP contribution in [-0.2, 0) is 0 Å². The highest BCUT2D eigenvalue weighted by Crippen LogP contribution is 2.15. The number of thiocarbonyl (C=S) groups is 1. The maximum absolute atomic E-state index is 5.08. The van der Waals surface area contributed by atoms with Crippen LogP contribution in [0.25, 0.3) is 0 Å². The molecule has 2 N–H and O–H groups in total. The average molecular weight is 139 g/mol. The van der Waals surface area contributed by atoms with Gasteiger partial charge < -0.3 is 5.73 Å². The summed E-state index contributed by atoms with van der Waals surface area (Å²) in [7, 11) is 2.97. The molecule has 0 atom stereocenters. The van der Waals surface area contributed by atoms with E-state index in [0.717, 1.165) is 0 Å². The van der Waals surface area contributed by atoms with Gasteiger partial charge in [-0.3, -0.25) is 0 Å². The Bertz CT molecular complexity index is 52.8. The van der Waals surface area contributed by atoms with E-state index in [9.17, 15) is 0 Å². The highest BCUT2D eigenvalue weighted by molar-refractivity contribution is 8.83. The lowest BCUT2D eigenvalue weighted by Gasteiger charge is -1.84. The zero-order chi connectivity index (χ0) is 4.99. The molecule has 0 aromatic carbocycles. The molecule has 0 radical (unpaired) electrons. The SMILES string of the molecule is CSSC(N)=S. The fourth-order valence-corrected chi connectivity index (χ4v) is 1.35. The van der Waals surface area contributed by atoms with Crippen LogP contribution in [0.4, 0.5) is 0 Å². The lowest BCUT2D eigenvalue weighted by molar-refractivity contribution is 1.91. The zero-order valence-electron chi connectivity index (χ0n) is 3.30. The quantitative estimate of drug-likeness (QED) is 0.436. The molecule has 36 valence electrons. The van der Waals surface area contributed by atoms with Crippen molar-refractivity contribution in [3.8, 4) is 0 Å². The molecule has 0 fully saturated rings. The van der Waals surface area contributed by atoms with Gasteiger partial charge in [-0.1, -0.05) is 23.0 Å². The molecule has 0 amide bonds. The molecule has 0 saturated heterocycles. The van der Waals surface area contributed by atoms with Gasteiger partial charge >= 0.3 is 0 Å². The Morgan fingerprint density at radius 3 is 2.33 bits per heavy atom. The summed E-state index contributed by atoms with van der Waals surface area (Å²) in [5.41, 5.74) is 5.08. The van der Waals surface area contributed by atoms with Gasteiger partial charge in [-0.15, -0.1) is 0 Å². The van der Waals surface area contributed by atoms with Crippen LogP contribution in [0.2, 0.25) is 0 Å². The van der Waals surface area contributed by atoms with E-state index in [-0.39, 0.29) is 0 Å². The van der Waals surface area contributed by atoms with Crippen molar-refractivity contribution in [2.45, 2.75) is 0 Å². The van der Waals surface area contributed by atoms with Gasteiger partial charge in [-0.25, -0.2) is 0 Å². The summed E-state index contributed by atoms with van der Waals surface area (Å²) in [6, 6.07) is 0. The molecule has 0 bridgehead atoms. The smallest absolute Gasteiger partial charge is 0.141 e. The molecule has 0 aliphatic heterocycles. The Hall–Kier alpha value is 0.590. The van der Waals surface area contributed by atoms with Gasteiger partial charge in [0.25, 0.3) is 0 Å². The Balaban J connectivity index is 2.83. The van der Waals surface area contributed by atoms with Gasteiger partial charge in [-0.2, -0.15) is 0 Å². The molecular formula is C2H5NS3. The molecule has 0 aromatic rings. The van der Waals surface area contributed by atoms with Crippen LogP contribution in [0, 0.1) is 0 Å². The molecule has 0 rings (SSSR count). The molecule has 0 aromatic heterocycles. The van der Waals surface area contributed by atoms with Crippen molar-refractivity contribution in [3.05, 3.63) is 0 Å². The van der Waals surface area contributed by atoms with E-state index >= 15 is 0 Å². The number of hydrogen-bond donors (Lipinski definition) is 1. The second-order valence-electron chi connectivity index (χ2n) is 0.569. The summed E-state index contributed by atoms with van der Waals surface area (Å²) in [6.45, 7) is 0. The van der Waals surface area contributed by atoms with Gasteiger partial charge in [0.05, 0.1) is 0 Å². The molecule has 0 saturated carbocycles. The maximum Gasteiger partial charge on any atom is 0.141 e. The fourth-order valence-electron chi connectivity index (χ4n) is 0.0821. The standard InChI is InChI=1S/C2H5NS3/c1-5-6-2(3)4/h1H3,(H2,3,4). The molecule has 0 heterocycles. The van der Waals surface area contributed by atoms with Gasteiger partial charge in [0.1, 0.15) is 4.32 Å². The van der Waals surface area contributed by atoms with E-state index in [1.54, 1.807) is 10.8 Å². The Kier molecular flexibility index (Phi) is 4.14. The van der Waals surface area contributed by atoms with Crippen LogP contribution < -0.4 is 5.73 Å². The third kappa shape index (κ3) is 4.59. The number of nitrogens with two attached hydrogens (primary N) is 1. The first kappa shape index (κ1) is 6.59. The van der Waals surface area contributed by atoms with E-state index < -0.39 is 0 Å². The van der Waals surface area contributed by atoms with Crippen molar-refractivity contribution in [2.75, 3.05) is 6.26 Å². The van der Waals surface area contributed by atoms with E-state index in [0.29, 0.717) is 4.32 Å². The van der Waals surface area contributed by atoms with Crippen molar-refractivity contribution in [1.82, 2.24) is 0 Å². The van der Waals surface area contributed by atoms with Gasteiger partial charge in [0, 0.05) is 0 Å². The summed E-state index contributed by atoms with van der Waals surface area (Å²) in [5.74, 6) is 0. The van der Waals surface area contributed by atoms with Gasteiger partial charge in [-0.05, 0) is 17.0 Å². The molecule has 6 heavy (non-hydrogen) atoms. The van der Waals surface area contributed by atoms with E-state index in [1.165, 1.54) is 10.8 Å². The number of rotatable bonds is 1. The lowest BCUT2D eigenvalue weighted by Crippen LogP contribution is -1.98. The van der Waals surface area contributed by atoms with Crippen LogP contribution in [0.1, 0.15) is 0 Å². The van der Waals surface area contributed by atoms with Crippen molar-refractivity contribution >= 4 is 38.1 Å². The molecule has 0 aliphatic rings. The summed E-state index contributed by atoms with van der Waals surface area (Å²) in [6.07, 6.45) is 1.93. The molecule has 0 aliphatic carbocycles. The highest BCUT2D eigenvalue weighted by atomic mass is 33.1.